The van der Waals surface area contributed by atoms with Crippen LogP contribution in [0.1, 0.15) is 23.4 Å². The van der Waals surface area contributed by atoms with Crippen LogP contribution in [0, 0.1) is 0 Å². The summed E-state index contributed by atoms with van der Waals surface area (Å²) in [4.78, 5) is 12.3. The summed E-state index contributed by atoms with van der Waals surface area (Å²) >= 11 is 7.87. The van der Waals surface area contributed by atoms with Gasteiger partial charge in [-0.05, 0) is 43.6 Å². The Kier molecular flexibility index (Phi) is 6.14. The van der Waals surface area contributed by atoms with Gasteiger partial charge < -0.3 is 5.32 Å². The molecule has 0 bridgehead atoms. The van der Waals surface area contributed by atoms with Crippen LogP contribution in [0.4, 0.5) is 0 Å². The normalized spacial score (nSPS) is 15.9. The number of aromatic nitrogens is 2. The Labute approximate surface area is 169 Å². The summed E-state index contributed by atoms with van der Waals surface area (Å²) in [6.07, 6.45) is 5.96. The highest BCUT2D eigenvalue weighted by Crippen LogP contribution is 2.30. The van der Waals surface area contributed by atoms with Gasteiger partial charge in [0.05, 0.1) is 4.88 Å². The van der Waals surface area contributed by atoms with E-state index in [1.807, 2.05) is 18.3 Å². The quantitative estimate of drug-likeness (QED) is 0.615. The van der Waals surface area contributed by atoms with Crippen molar-refractivity contribution in [2.24, 2.45) is 0 Å². The number of rotatable bonds is 6. The maximum Gasteiger partial charge on any atom is 0.137 e. The molecule has 1 aliphatic heterocycles. The summed E-state index contributed by atoms with van der Waals surface area (Å²) in [6.45, 7) is 4.14. The third-order valence-corrected chi connectivity index (χ3v) is 6.29. The predicted molar refractivity (Wildman–Crippen MR) is 112 cm³/mol. The third-order valence-electron chi connectivity index (χ3n) is 4.96. The summed E-state index contributed by atoms with van der Waals surface area (Å²) in [5, 5.41) is 5.30. The Bertz CT molecular complexity index is 859. The van der Waals surface area contributed by atoms with E-state index in [1.54, 1.807) is 17.5 Å². The fourth-order valence-corrected chi connectivity index (χ4v) is 4.63. The number of thiazole rings is 1. The lowest BCUT2D eigenvalue weighted by Crippen LogP contribution is -2.41. The van der Waals surface area contributed by atoms with Crippen LogP contribution in [-0.2, 0) is 13.1 Å². The van der Waals surface area contributed by atoms with E-state index in [0.717, 1.165) is 41.6 Å². The molecule has 0 amide bonds. The molecular weight excluding hydrogens is 376 g/mol. The second-order valence-corrected chi connectivity index (χ2v) is 8.35. The summed E-state index contributed by atoms with van der Waals surface area (Å²) in [5.41, 5.74) is 2.35. The SMILES string of the molecule is Clc1ncccc1-c1cnc(CNC2CCN(Cc3ccccc3)CC2)s1. The zero-order valence-corrected chi connectivity index (χ0v) is 16.7. The lowest BCUT2D eigenvalue weighted by atomic mass is 10.0. The molecule has 2 aromatic heterocycles. The molecule has 3 aromatic rings. The van der Waals surface area contributed by atoms with Gasteiger partial charge in [0.15, 0.2) is 0 Å². The van der Waals surface area contributed by atoms with Gasteiger partial charge in [-0.3, -0.25) is 4.90 Å². The standard InChI is InChI=1S/C21H23ClN4S/c22-21-18(7-4-10-23-21)19-13-25-20(27-19)14-24-17-8-11-26(12-9-17)15-16-5-2-1-3-6-16/h1-7,10,13,17,24H,8-9,11-12,14-15H2. The first-order chi connectivity index (χ1) is 13.3. The van der Waals surface area contributed by atoms with Crippen LogP contribution in [0.5, 0.6) is 0 Å². The number of pyridine rings is 1. The number of nitrogens with one attached hydrogen (secondary N) is 1. The van der Waals surface area contributed by atoms with Crippen LogP contribution in [0.15, 0.2) is 54.9 Å². The summed E-state index contributed by atoms with van der Waals surface area (Å²) in [6, 6.07) is 15.2. The minimum absolute atomic E-state index is 0.534. The van der Waals surface area contributed by atoms with Crippen LogP contribution >= 0.6 is 22.9 Å². The van der Waals surface area contributed by atoms with Crippen molar-refractivity contribution >= 4 is 22.9 Å². The van der Waals surface area contributed by atoms with Crippen molar-refractivity contribution in [1.29, 1.82) is 0 Å². The van der Waals surface area contributed by atoms with E-state index in [1.165, 1.54) is 18.4 Å². The zero-order chi connectivity index (χ0) is 18.5. The minimum Gasteiger partial charge on any atom is -0.308 e. The van der Waals surface area contributed by atoms with Crippen molar-refractivity contribution in [2.45, 2.75) is 32.0 Å². The van der Waals surface area contributed by atoms with Crippen LogP contribution in [0.3, 0.4) is 0 Å². The first-order valence-electron chi connectivity index (χ1n) is 9.33. The van der Waals surface area contributed by atoms with Crippen molar-refractivity contribution in [1.82, 2.24) is 20.2 Å². The topological polar surface area (TPSA) is 41.1 Å². The highest BCUT2D eigenvalue weighted by atomic mass is 35.5. The number of hydrogen-bond donors (Lipinski definition) is 1. The molecule has 1 aliphatic rings. The van der Waals surface area contributed by atoms with Crippen molar-refractivity contribution in [3.8, 4) is 10.4 Å². The highest BCUT2D eigenvalue weighted by Gasteiger charge is 2.19. The van der Waals surface area contributed by atoms with E-state index in [0.29, 0.717) is 11.2 Å². The first-order valence-corrected chi connectivity index (χ1v) is 10.5. The van der Waals surface area contributed by atoms with Gasteiger partial charge in [0, 0.05) is 37.1 Å². The van der Waals surface area contributed by atoms with Crippen LogP contribution in [0.2, 0.25) is 5.15 Å². The van der Waals surface area contributed by atoms with E-state index in [9.17, 15) is 0 Å². The lowest BCUT2D eigenvalue weighted by molar-refractivity contribution is 0.190. The molecule has 1 fully saturated rings. The second kappa shape index (κ2) is 8.93. The van der Waals surface area contributed by atoms with Gasteiger partial charge in [-0.15, -0.1) is 11.3 Å². The Balaban J connectivity index is 1.25. The number of benzene rings is 1. The monoisotopic (exact) mass is 398 g/mol. The Morgan fingerprint density at radius 3 is 2.67 bits per heavy atom. The average Bonchev–Trinajstić information content (AvgIpc) is 3.17. The second-order valence-electron chi connectivity index (χ2n) is 6.88. The molecule has 0 spiro atoms. The largest absolute Gasteiger partial charge is 0.308 e. The molecule has 1 aromatic carbocycles. The number of halogens is 1. The summed E-state index contributed by atoms with van der Waals surface area (Å²) < 4.78 is 0. The van der Waals surface area contributed by atoms with Crippen LogP contribution in [-0.4, -0.2) is 34.0 Å². The Hall–Kier alpha value is -1.79. The van der Waals surface area contributed by atoms with Crippen molar-refractivity contribution in [3.05, 3.63) is 70.6 Å². The Morgan fingerprint density at radius 1 is 1.07 bits per heavy atom. The molecule has 4 rings (SSSR count). The molecule has 0 saturated carbocycles. The zero-order valence-electron chi connectivity index (χ0n) is 15.1. The number of hydrogen-bond acceptors (Lipinski definition) is 5. The molecule has 0 unspecified atom stereocenters. The van der Waals surface area contributed by atoms with E-state index in [-0.39, 0.29) is 0 Å². The van der Waals surface area contributed by atoms with Gasteiger partial charge >= 0.3 is 0 Å². The molecule has 0 radical (unpaired) electrons. The maximum absolute atomic E-state index is 6.19. The van der Waals surface area contributed by atoms with Gasteiger partial charge in [0.2, 0.25) is 0 Å². The van der Waals surface area contributed by atoms with Gasteiger partial charge in [0.1, 0.15) is 10.2 Å². The lowest BCUT2D eigenvalue weighted by Gasteiger charge is -2.32. The predicted octanol–water partition coefficient (Wildman–Crippen LogP) is 4.61. The number of nitrogens with zero attached hydrogens (tertiary/aromatic N) is 3. The number of likely N-dealkylation sites (tertiary alicyclic amines) is 1. The fourth-order valence-electron chi connectivity index (χ4n) is 3.45. The maximum atomic E-state index is 6.19. The molecule has 6 heteroatoms. The van der Waals surface area contributed by atoms with Gasteiger partial charge in [-0.25, -0.2) is 9.97 Å². The smallest absolute Gasteiger partial charge is 0.137 e. The molecule has 1 saturated heterocycles. The molecule has 0 atom stereocenters. The first kappa shape index (κ1) is 18.6. The fraction of sp³-hybridized carbons (Fsp3) is 0.333. The minimum atomic E-state index is 0.534. The van der Waals surface area contributed by atoms with Crippen molar-refractivity contribution in [2.75, 3.05) is 13.1 Å². The van der Waals surface area contributed by atoms with Gasteiger partial charge in [0.25, 0.3) is 0 Å². The van der Waals surface area contributed by atoms with Crippen molar-refractivity contribution < 1.29 is 0 Å². The van der Waals surface area contributed by atoms with E-state index in [4.69, 9.17) is 11.6 Å². The molecule has 1 N–H and O–H groups in total. The molecule has 140 valence electrons. The average molecular weight is 399 g/mol. The Morgan fingerprint density at radius 2 is 1.89 bits per heavy atom. The molecule has 3 heterocycles. The van der Waals surface area contributed by atoms with E-state index < -0.39 is 0 Å². The molecule has 27 heavy (non-hydrogen) atoms. The summed E-state index contributed by atoms with van der Waals surface area (Å²) in [5.74, 6) is 0. The van der Waals surface area contributed by atoms with Crippen LogP contribution in [0.25, 0.3) is 10.4 Å². The van der Waals surface area contributed by atoms with Crippen molar-refractivity contribution in [3.63, 3.8) is 0 Å². The van der Waals surface area contributed by atoms with Crippen LogP contribution < -0.4 is 5.32 Å². The van der Waals surface area contributed by atoms with Gasteiger partial charge in [-0.1, -0.05) is 41.9 Å². The molecule has 4 nitrogen and oxygen atoms in total. The van der Waals surface area contributed by atoms with E-state index in [2.05, 4.69) is 50.5 Å². The number of piperidine rings is 1. The van der Waals surface area contributed by atoms with Gasteiger partial charge in [-0.2, -0.15) is 0 Å². The molecular formula is C21H23ClN4S. The highest BCUT2D eigenvalue weighted by molar-refractivity contribution is 7.15. The summed E-state index contributed by atoms with van der Waals surface area (Å²) in [7, 11) is 0. The molecule has 0 aliphatic carbocycles. The third kappa shape index (κ3) is 4.93. The van der Waals surface area contributed by atoms with E-state index >= 15 is 0 Å².